The molecular weight excluding hydrogens is 368 g/mol. The van der Waals surface area contributed by atoms with Gasteiger partial charge in [0.25, 0.3) is 0 Å². The average Bonchev–Trinajstić information content (AvgIpc) is 2.73. The first kappa shape index (κ1) is 18.8. The molecule has 3 aromatic carbocycles. The molecule has 0 saturated carbocycles. The van der Waals surface area contributed by atoms with Crippen LogP contribution in [0.2, 0.25) is 0 Å². The van der Waals surface area contributed by atoms with E-state index in [1.165, 1.54) is 34.3 Å². The topological polar surface area (TPSA) is 27.7 Å². The van der Waals surface area contributed by atoms with Gasteiger partial charge >= 0.3 is 0 Å². The number of benzene rings is 3. The van der Waals surface area contributed by atoms with Crippen LogP contribution in [0.1, 0.15) is 34.1 Å². The largest absolute Gasteiger partial charge is 0.497 e. The van der Waals surface area contributed by atoms with Crippen molar-refractivity contribution in [1.82, 2.24) is 0 Å². The van der Waals surface area contributed by atoms with Crippen LogP contribution < -0.4 is 13.7 Å². The van der Waals surface area contributed by atoms with E-state index in [2.05, 4.69) is 49.4 Å². The summed E-state index contributed by atoms with van der Waals surface area (Å²) in [6.07, 6.45) is 1.92. The molecule has 28 heavy (non-hydrogen) atoms. The Bertz CT molecular complexity index is 952. The van der Waals surface area contributed by atoms with Crippen LogP contribution in [0.25, 0.3) is 0 Å². The lowest BCUT2D eigenvalue weighted by Gasteiger charge is -2.35. The van der Waals surface area contributed by atoms with E-state index in [4.69, 9.17) is 13.7 Å². The fourth-order valence-corrected chi connectivity index (χ4v) is 4.25. The third kappa shape index (κ3) is 3.69. The van der Waals surface area contributed by atoms with Gasteiger partial charge in [0.15, 0.2) is 0 Å². The van der Waals surface area contributed by atoms with Crippen LogP contribution in [0.4, 0.5) is 0 Å². The summed E-state index contributed by atoms with van der Waals surface area (Å²) in [6.45, 7) is 2.77. The number of aryl methyl sites for hydroxylation is 1. The molecule has 2 atom stereocenters. The van der Waals surface area contributed by atoms with Crippen molar-refractivity contribution in [1.29, 1.82) is 0 Å². The highest BCUT2D eigenvalue weighted by Crippen LogP contribution is 2.47. The van der Waals surface area contributed by atoms with Gasteiger partial charge in [-0.15, -0.1) is 0 Å². The van der Waals surface area contributed by atoms with Gasteiger partial charge in [0, 0.05) is 29.7 Å². The Hall–Kier alpha value is -2.59. The Morgan fingerprint density at radius 2 is 1.71 bits per heavy atom. The number of methoxy groups -OCH3 is 1. The second kappa shape index (κ2) is 8.19. The quantitative estimate of drug-likeness (QED) is 0.500. The molecule has 0 aromatic heterocycles. The SMILES string of the molecule is COc1ccc2c(c1)OCC(c1cccc(C)c1)C2c1ccc(OSC)cc1. The van der Waals surface area contributed by atoms with Gasteiger partial charge in [-0.25, -0.2) is 0 Å². The molecule has 1 aliphatic heterocycles. The molecule has 0 bridgehead atoms. The van der Waals surface area contributed by atoms with Crippen LogP contribution in [0, 0.1) is 6.92 Å². The third-order valence-electron chi connectivity index (χ3n) is 5.27. The van der Waals surface area contributed by atoms with Crippen molar-refractivity contribution >= 4 is 12.0 Å². The third-order valence-corrected chi connectivity index (χ3v) is 5.62. The Labute approximate surface area is 170 Å². The zero-order valence-corrected chi connectivity index (χ0v) is 17.2. The lowest BCUT2D eigenvalue weighted by atomic mass is 9.75. The molecule has 0 saturated heterocycles. The molecule has 0 radical (unpaired) electrons. The van der Waals surface area contributed by atoms with Crippen LogP contribution in [0.5, 0.6) is 17.2 Å². The molecule has 4 heteroatoms. The maximum Gasteiger partial charge on any atom is 0.137 e. The summed E-state index contributed by atoms with van der Waals surface area (Å²) in [6, 6.07) is 23.3. The molecule has 0 spiro atoms. The highest BCUT2D eigenvalue weighted by Gasteiger charge is 2.33. The Kier molecular flexibility index (Phi) is 5.49. The van der Waals surface area contributed by atoms with Gasteiger partial charge in [0.05, 0.1) is 25.8 Å². The van der Waals surface area contributed by atoms with E-state index >= 15 is 0 Å². The minimum absolute atomic E-state index is 0.208. The van der Waals surface area contributed by atoms with E-state index in [0.29, 0.717) is 6.61 Å². The molecule has 0 N–H and O–H groups in total. The van der Waals surface area contributed by atoms with E-state index in [9.17, 15) is 0 Å². The molecule has 3 nitrogen and oxygen atoms in total. The zero-order chi connectivity index (χ0) is 19.5. The fourth-order valence-electron chi connectivity index (χ4n) is 3.94. The van der Waals surface area contributed by atoms with Crippen LogP contribution in [0.15, 0.2) is 66.7 Å². The maximum absolute atomic E-state index is 6.18. The number of rotatable bonds is 5. The number of ether oxygens (including phenoxy) is 2. The lowest BCUT2D eigenvalue weighted by molar-refractivity contribution is 0.247. The van der Waals surface area contributed by atoms with E-state index in [1.807, 2.05) is 30.5 Å². The van der Waals surface area contributed by atoms with Crippen molar-refractivity contribution in [3.05, 3.63) is 89.0 Å². The van der Waals surface area contributed by atoms with Gasteiger partial charge in [-0.05, 0) is 36.2 Å². The minimum atomic E-state index is 0.208. The molecule has 2 unspecified atom stereocenters. The molecule has 0 fully saturated rings. The summed E-state index contributed by atoms with van der Waals surface area (Å²) in [5, 5.41) is 0. The molecule has 0 aliphatic carbocycles. The molecule has 1 aliphatic rings. The Balaban J connectivity index is 1.80. The zero-order valence-electron chi connectivity index (χ0n) is 16.3. The van der Waals surface area contributed by atoms with Gasteiger partial charge in [-0.3, -0.25) is 0 Å². The Morgan fingerprint density at radius 3 is 2.43 bits per heavy atom. The first-order chi connectivity index (χ1) is 13.7. The summed E-state index contributed by atoms with van der Waals surface area (Å²) in [7, 11) is 1.68. The normalized spacial score (nSPS) is 18.1. The van der Waals surface area contributed by atoms with E-state index in [-0.39, 0.29) is 11.8 Å². The molecule has 1 heterocycles. The smallest absolute Gasteiger partial charge is 0.137 e. The van der Waals surface area contributed by atoms with Crippen molar-refractivity contribution < 1.29 is 13.7 Å². The highest BCUT2D eigenvalue weighted by atomic mass is 32.2. The van der Waals surface area contributed by atoms with E-state index in [0.717, 1.165) is 17.2 Å². The van der Waals surface area contributed by atoms with Crippen molar-refractivity contribution in [2.24, 2.45) is 0 Å². The van der Waals surface area contributed by atoms with Gasteiger partial charge < -0.3 is 13.7 Å². The van der Waals surface area contributed by atoms with Crippen molar-refractivity contribution in [2.45, 2.75) is 18.8 Å². The van der Waals surface area contributed by atoms with Crippen LogP contribution in [-0.2, 0) is 0 Å². The molecular formula is C24H24O3S. The van der Waals surface area contributed by atoms with Gasteiger partial charge in [-0.1, -0.05) is 48.0 Å². The molecule has 0 amide bonds. The lowest BCUT2D eigenvalue weighted by Crippen LogP contribution is -2.25. The van der Waals surface area contributed by atoms with Gasteiger partial charge in [0.1, 0.15) is 17.2 Å². The van der Waals surface area contributed by atoms with Crippen molar-refractivity contribution in [2.75, 3.05) is 20.0 Å². The maximum atomic E-state index is 6.18. The molecule has 144 valence electrons. The summed E-state index contributed by atoms with van der Waals surface area (Å²) in [5.74, 6) is 3.03. The first-order valence-corrected chi connectivity index (χ1v) is 10.5. The average molecular weight is 393 g/mol. The molecule has 3 aromatic rings. The Morgan fingerprint density at radius 1 is 0.929 bits per heavy atom. The summed E-state index contributed by atoms with van der Waals surface area (Å²) in [5.41, 5.74) is 5.02. The van der Waals surface area contributed by atoms with Crippen LogP contribution >= 0.6 is 12.0 Å². The predicted molar refractivity (Wildman–Crippen MR) is 115 cm³/mol. The predicted octanol–water partition coefficient (Wildman–Crippen LogP) is 5.97. The summed E-state index contributed by atoms with van der Waals surface area (Å²) >= 11 is 1.35. The second-order valence-electron chi connectivity index (χ2n) is 7.03. The standard InChI is InChI=1S/C24H24O3S/c1-16-5-4-6-18(13-16)22-15-26-23-14-20(25-2)11-12-21(23)24(22)17-7-9-19(10-8-17)27-28-3/h4-14,22,24H,15H2,1-3H3. The fraction of sp³-hybridized carbons (Fsp3) is 0.250. The monoisotopic (exact) mass is 392 g/mol. The van der Waals surface area contributed by atoms with Gasteiger partial charge in [-0.2, -0.15) is 0 Å². The van der Waals surface area contributed by atoms with Crippen LogP contribution in [-0.4, -0.2) is 20.0 Å². The van der Waals surface area contributed by atoms with Gasteiger partial charge in [0.2, 0.25) is 0 Å². The van der Waals surface area contributed by atoms with Crippen molar-refractivity contribution in [3.63, 3.8) is 0 Å². The van der Waals surface area contributed by atoms with E-state index in [1.54, 1.807) is 7.11 Å². The minimum Gasteiger partial charge on any atom is -0.497 e. The number of hydrogen-bond donors (Lipinski definition) is 0. The molecule has 4 rings (SSSR count). The summed E-state index contributed by atoms with van der Waals surface area (Å²) in [4.78, 5) is 0. The highest BCUT2D eigenvalue weighted by molar-refractivity contribution is 7.94. The van der Waals surface area contributed by atoms with E-state index < -0.39 is 0 Å². The van der Waals surface area contributed by atoms with Crippen molar-refractivity contribution in [3.8, 4) is 17.2 Å². The number of fused-ring (bicyclic) bond motifs is 1. The number of hydrogen-bond acceptors (Lipinski definition) is 4. The first-order valence-electron chi connectivity index (χ1n) is 9.37. The second-order valence-corrected chi connectivity index (χ2v) is 7.53. The van der Waals surface area contributed by atoms with Crippen LogP contribution in [0.3, 0.4) is 0 Å². The summed E-state index contributed by atoms with van der Waals surface area (Å²) < 4.78 is 17.1.